The lowest BCUT2D eigenvalue weighted by Crippen LogP contribution is -2.65. The zero-order chi connectivity index (χ0) is 19.0. The minimum atomic E-state index is -1.47. The molecule has 148 valence electrons. The van der Waals surface area contributed by atoms with Crippen LogP contribution in [0.2, 0.25) is 0 Å². The fraction of sp³-hybridized carbons (Fsp3) is 0.923. The minimum absolute atomic E-state index is 0.0733. The highest BCUT2D eigenvalue weighted by molar-refractivity contribution is 7.24. The summed E-state index contributed by atoms with van der Waals surface area (Å²) in [6.07, 6.45) is -7.39. The van der Waals surface area contributed by atoms with Crippen LogP contribution in [0.5, 0.6) is 0 Å². The van der Waals surface area contributed by atoms with Gasteiger partial charge in [0.15, 0.2) is 15.3 Å². The van der Waals surface area contributed by atoms with E-state index in [2.05, 4.69) is 9.84 Å². The van der Waals surface area contributed by atoms with Gasteiger partial charge in [-0.25, -0.2) is 0 Å². The molecule has 1 saturated heterocycles. The lowest BCUT2D eigenvalue weighted by Gasteiger charge is -2.43. The van der Waals surface area contributed by atoms with Gasteiger partial charge in [0.2, 0.25) is 5.91 Å². The van der Waals surface area contributed by atoms with Gasteiger partial charge in [-0.05, 0) is 0 Å². The topological polar surface area (TPSA) is 178 Å². The summed E-state index contributed by atoms with van der Waals surface area (Å²) in [4.78, 5) is 19.9. The zero-order valence-electron chi connectivity index (χ0n) is 13.7. The van der Waals surface area contributed by atoms with Gasteiger partial charge in [0.1, 0.15) is 24.4 Å². The molecular weight excluding hydrogens is 361 g/mol. The van der Waals surface area contributed by atoms with Gasteiger partial charge < -0.3 is 49.7 Å². The van der Waals surface area contributed by atoms with E-state index in [1.165, 1.54) is 6.92 Å². The predicted molar refractivity (Wildman–Crippen MR) is 84.4 cm³/mol. The van der Waals surface area contributed by atoms with E-state index in [1.54, 1.807) is 0 Å². The second-order valence-corrected chi connectivity index (χ2v) is 6.14. The van der Waals surface area contributed by atoms with Crippen LogP contribution in [0.3, 0.4) is 0 Å². The van der Waals surface area contributed by atoms with Crippen LogP contribution in [0.1, 0.15) is 13.3 Å². The van der Waals surface area contributed by atoms with Gasteiger partial charge in [-0.1, -0.05) is 0 Å². The lowest BCUT2D eigenvalue weighted by atomic mass is 9.97. The van der Waals surface area contributed by atoms with Gasteiger partial charge in [0.25, 0.3) is 0 Å². The summed E-state index contributed by atoms with van der Waals surface area (Å²) in [7, 11) is -0.788. The molecular formula is C13H26NO10P. The Morgan fingerprint density at radius 1 is 1.32 bits per heavy atom. The number of rotatable bonds is 10. The Morgan fingerprint density at radius 3 is 2.52 bits per heavy atom. The third kappa shape index (κ3) is 6.99. The largest absolute Gasteiger partial charge is 0.394 e. The molecule has 1 fully saturated rings. The Hall–Kier alpha value is -0.460. The van der Waals surface area contributed by atoms with Crippen molar-refractivity contribution in [3.63, 3.8) is 0 Å². The average molecular weight is 387 g/mol. The zero-order valence-corrected chi connectivity index (χ0v) is 14.7. The van der Waals surface area contributed by atoms with Crippen LogP contribution < -0.4 is 5.32 Å². The van der Waals surface area contributed by atoms with E-state index in [0.717, 1.165) is 0 Å². The molecule has 1 rings (SSSR count). The summed E-state index contributed by atoms with van der Waals surface area (Å²) in [6, 6.07) is -1.14. The first kappa shape index (κ1) is 22.6. The van der Waals surface area contributed by atoms with Crippen molar-refractivity contribution >= 4 is 14.9 Å². The molecule has 0 aliphatic carbocycles. The molecule has 1 heterocycles. The van der Waals surface area contributed by atoms with Crippen LogP contribution >= 0.6 is 9.03 Å². The second kappa shape index (κ2) is 11.3. The van der Waals surface area contributed by atoms with E-state index in [-0.39, 0.29) is 13.0 Å². The normalized spacial score (nSPS) is 32.7. The molecule has 0 bridgehead atoms. The van der Waals surface area contributed by atoms with Crippen LogP contribution in [0.4, 0.5) is 0 Å². The van der Waals surface area contributed by atoms with Gasteiger partial charge in [-0.2, -0.15) is 0 Å². The Balaban J connectivity index is 2.78. The predicted octanol–water partition coefficient (Wildman–Crippen LogP) is -3.42. The average Bonchev–Trinajstić information content (AvgIpc) is 2.58. The Kier molecular flexibility index (Phi) is 10.2. The van der Waals surface area contributed by atoms with Crippen molar-refractivity contribution in [2.24, 2.45) is 0 Å². The summed E-state index contributed by atoms with van der Waals surface area (Å²) in [5, 5.41) is 50.8. The van der Waals surface area contributed by atoms with Gasteiger partial charge in [0.05, 0.1) is 32.0 Å². The molecule has 7 N–H and O–H groups in total. The molecule has 0 aromatic rings. The number of carbonyl (C=O) groups excluding carboxylic acids is 1. The van der Waals surface area contributed by atoms with Crippen molar-refractivity contribution in [2.75, 3.05) is 19.8 Å². The highest BCUT2D eigenvalue weighted by Gasteiger charge is 2.46. The first-order chi connectivity index (χ1) is 11.8. The molecule has 0 aromatic carbocycles. The maximum Gasteiger partial charge on any atom is 0.217 e. The summed E-state index contributed by atoms with van der Waals surface area (Å²) in [5.41, 5.74) is 0. The summed E-state index contributed by atoms with van der Waals surface area (Å²) in [5.74, 6) is -0.506. The van der Waals surface area contributed by atoms with Crippen LogP contribution in [-0.4, -0.2) is 99.0 Å². The first-order valence-corrected chi connectivity index (χ1v) is 8.54. The van der Waals surface area contributed by atoms with Gasteiger partial charge in [-0.3, -0.25) is 4.79 Å². The molecule has 0 saturated carbocycles. The first-order valence-electron chi connectivity index (χ1n) is 7.68. The van der Waals surface area contributed by atoms with Crippen molar-refractivity contribution in [3.05, 3.63) is 0 Å². The van der Waals surface area contributed by atoms with Crippen molar-refractivity contribution in [3.8, 4) is 0 Å². The van der Waals surface area contributed by atoms with E-state index < -0.39 is 71.0 Å². The fourth-order valence-corrected chi connectivity index (χ4v) is 2.72. The van der Waals surface area contributed by atoms with E-state index >= 15 is 0 Å². The van der Waals surface area contributed by atoms with Crippen molar-refractivity contribution in [1.29, 1.82) is 0 Å². The smallest absolute Gasteiger partial charge is 0.217 e. The maximum atomic E-state index is 11.3. The van der Waals surface area contributed by atoms with Crippen LogP contribution in [0, 0.1) is 0 Å². The van der Waals surface area contributed by atoms with E-state index in [1.807, 2.05) is 0 Å². The number of ether oxygens (including phenoxy) is 2. The standard InChI is InChI=1S/C13H26NO10P/c1-6(17)14-10-12(20)11(19)9(4-16)24-13(10)23-8(3-15)2-7(18)5-22-25-21/h7-13,15-16,18-21,25H,2-5H2,1H3,(H,14,17)/t7-,8+,9?,10?,11?,12?,13?/m1/s1. The monoisotopic (exact) mass is 387 g/mol. The number of amides is 1. The molecule has 0 aromatic heterocycles. The van der Waals surface area contributed by atoms with E-state index in [4.69, 9.17) is 14.4 Å². The number of nitrogens with one attached hydrogen (secondary N) is 1. The van der Waals surface area contributed by atoms with Crippen LogP contribution in [0.15, 0.2) is 0 Å². The number of hydrogen-bond donors (Lipinski definition) is 7. The van der Waals surface area contributed by atoms with Gasteiger partial charge in [0, 0.05) is 13.3 Å². The van der Waals surface area contributed by atoms with Crippen molar-refractivity contribution < 1.29 is 49.2 Å². The SMILES string of the molecule is CC(=O)NC1C(O[C@H](CO)C[C@@H](O)COPO)OC(CO)C(O)C1O. The Bertz CT molecular complexity index is 403. The Morgan fingerprint density at radius 2 is 2.00 bits per heavy atom. The second-order valence-electron chi connectivity index (χ2n) is 5.67. The summed E-state index contributed by atoms with van der Waals surface area (Å²) < 4.78 is 15.5. The van der Waals surface area contributed by atoms with Crippen molar-refractivity contribution in [2.45, 2.75) is 56.2 Å². The highest BCUT2D eigenvalue weighted by atomic mass is 31.1. The Labute approximate surface area is 146 Å². The molecule has 6 unspecified atom stereocenters. The van der Waals surface area contributed by atoms with Crippen LogP contribution in [-0.2, 0) is 18.8 Å². The number of aliphatic hydroxyl groups excluding tert-OH is 5. The number of hydrogen-bond acceptors (Lipinski definition) is 10. The number of carbonyl (C=O) groups is 1. The van der Waals surface area contributed by atoms with Gasteiger partial charge in [-0.15, -0.1) is 0 Å². The van der Waals surface area contributed by atoms with Gasteiger partial charge >= 0.3 is 0 Å². The van der Waals surface area contributed by atoms with Crippen molar-refractivity contribution in [1.82, 2.24) is 5.32 Å². The molecule has 0 radical (unpaired) electrons. The summed E-state index contributed by atoms with van der Waals surface area (Å²) in [6.45, 7) is -0.0687. The highest BCUT2D eigenvalue weighted by Crippen LogP contribution is 2.24. The molecule has 1 aliphatic heterocycles. The fourth-order valence-electron chi connectivity index (χ4n) is 2.45. The molecule has 1 amide bonds. The molecule has 0 spiro atoms. The quantitative estimate of drug-likeness (QED) is 0.187. The number of aliphatic hydroxyl groups is 5. The summed E-state index contributed by atoms with van der Waals surface area (Å²) >= 11 is 0. The van der Waals surface area contributed by atoms with Crippen LogP contribution in [0.25, 0.3) is 0 Å². The lowest BCUT2D eigenvalue weighted by molar-refractivity contribution is -0.286. The maximum absolute atomic E-state index is 11.3. The van der Waals surface area contributed by atoms with E-state index in [9.17, 15) is 30.3 Å². The molecule has 1 aliphatic rings. The van der Waals surface area contributed by atoms with E-state index in [0.29, 0.717) is 0 Å². The molecule has 25 heavy (non-hydrogen) atoms. The molecule has 12 heteroatoms. The minimum Gasteiger partial charge on any atom is -0.394 e. The third-order valence-electron chi connectivity index (χ3n) is 3.66. The molecule has 11 nitrogen and oxygen atoms in total. The molecule has 8 atom stereocenters. The third-order valence-corrected chi connectivity index (χ3v) is 3.95.